The van der Waals surface area contributed by atoms with Gasteiger partial charge in [-0.25, -0.2) is 4.39 Å². The first-order chi connectivity index (χ1) is 15.7. The largest absolute Gasteiger partial charge is 0.335 e. The van der Waals surface area contributed by atoms with Crippen LogP contribution in [0.4, 0.5) is 10.1 Å². The Morgan fingerprint density at radius 2 is 2.00 bits per heavy atom. The van der Waals surface area contributed by atoms with Crippen molar-refractivity contribution in [3.05, 3.63) is 88.9 Å². The second kappa shape index (κ2) is 9.27. The van der Waals surface area contributed by atoms with Crippen LogP contribution in [0.5, 0.6) is 0 Å². The smallest absolute Gasteiger partial charge is 0.279 e. The fraction of sp³-hybridized carbons (Fsp3) is 0.269. The Morgan fingerprint density at radius 3 is 2.73 bits per heavy atom. The van der Waals surface area contributed by atoms with Gasteiger partial charge in [-0.05, 0) is 65.9 Å². The van der Waals surface area contributed by atoms with Gasteiger partial charge in [0.05, 0.1) is 12.2 Å². The van der Waals surface area contributed by atoms with Crippen molar-refractivity contribution in [2.45, 2.75) is 45.6 Å². The third kappa shape index (κ3) is 5.03. The minimum Gasteiger partial charge on any atom is -0.335 e. The molecule has 7 heteroatoms. The van der Waals surface area contributed by atoms with E-state index >= 15 is 0 Å². The molecule has 2 aromatic carbocycles. The first-order valence-electron chi connectivity index (χ1n) is 10.9. The lowest BCUT2D eigenvalue weighted by molar-refractivity contribution is -0.112. The molecule has 2 N–H and O–H groups in total. The molecule has 0 atom stereocenters. The van der Waals surface area contributed by atoms with E-state index in [4.69, 9.17) is 12.2 Å². The number of carbonyl (C=O) groups excluding carboxylic acids is 1. The van der Waals surface area contributed by atoms with Crippen LogP contribution in [0.1, 0.15) is 50.3 Å². The van der Waals surface area contributed by atoms with Crippen LogP contribution in [-0.4, -0.2) is 16.7 Å². The Hall–Kier alpha value is -3.32. The molecular weight excluding hydrogens is 435 g/mol. The zero-order chi connectivity index (χ0) is 23.6. The molecule has 1 heterocycles. The van der Waals surface area contributed by atoms with Gasteiger partial charge in [-0.15, -0.1) is 0 Å². The van der Waals surface area contributed by atoms with Crippen molar-refractivity contribution in [3.63, 3.8) is 0 Å². The number of rotatable bonds is 4. The van der Waals surface area contributed by atoms with Crippen LogP contribution in [-0.2, 0) is 16.8 Å². The van der Waals surface area contributed by atoms with Gasteiger partial charge in [-0.3, -0.25) is 10.2 Å². The lowest BCUT2D eigenvalue weighted by Gasteiger charge is -2.25. The fourth-order valence-electron chi connectivity index (χ4n) is 4.10. The molecule has 0 saturated carbocycles. The number of fused-ring (bicyclic) bond motifs is 1. The molecule has 1 aliphatic carbocycles. The molecule has 0 unspecified atom stereocenters. The lowest BCUT2D eigenvalue weighted by Crippen LogP contribution is -2.35. The van der Waals surface area contributed by atoms with Gasteiger partial charge >= 0.3 is 0 Å². The normalized spacial score (nSPS) is 16.6. The Labute approximate surface area is 199 Å². The third-order valence-corrected chi connectivity index (χ3v) is 5.86. The molecule has 4 rings (SSSR count). The topological polar surface area (TPSA) is 56.7 Å². The Bertz CT molecular complexity index is 1190. The van der Waals surface area contributed by atoms with Crippen LogP contribution in [0.25, 0.3) is 0 Å². The number of hydrogen-bond acceptors (Lipinski definition) is 3. The zero-order valence-electron chi connectivity index (χ0n) is 19.0. The number of allylic oxidation sites excluding steroid dienone is 4. The summed E-state index contributed by atoms with van der Waals surface area (Å²) in [6.45, 7) is 6.79. The molecule has 5 nitrogen and oxygen atoms in total. The SMILES string of the molecule is CC(C)(C)c1ccccc1CN1C(=O)/C(=N\NC(=S)NC2=CC=CCC2)c2cc(F)ccc21. The van der Waals surface area contributed by atoms with E-state index in [-0.39, 0.29) is 22.1 Å². The highest BCUT2D eigenvalue weighted by molar-refractivity contribution is 7.80. The summed E-state index contributed by atoms with van der Waals surface area (Å²) in [4.78, 5) is 15.0. The number of hydrogen-bond donors (Lipinski definition) is 2. The summed E-state index contributed by atoms with van der Waals surface area (Å²) < 4.78 is 14.1. The van der Waals surface area contributed by atoms with Crippen LogP contribution >= 0.6 is 12.2 Å². The fourth-order valence-corrected chi connectivity index (χ4v) is 4.27. The van der Waals surface area contributed by atoms with Gasteiger partial charge in [0.1, 0.15) is 5.82 Å². The highest BCUT2D eigenvalue weighted by atomic mass is 32.1. The molecule has 0 radical (unpaired) electrons. The number of carbonyl (C=O) groups is 1. The van der Waals surface area contributed by atoms with Crippen LogP contribution < -0.4 is 15.6 Å². The summed E-state index contributed by atoms with van der Waals surface area (Å²) in [7, 11) is 0. The molecular formula is C26H27FN4OS. The second-order valence-corrected chi connectivity index (χ2v) is 9.55. The van der Waals surface area contributed by atoms with Gasteiger partial charge in [0.25, 0.3) is 5.91 Å². The number of nitrogens with one attached hydrogen (secondary N) is 2. The van der Waals surface area contributed by atoms with Gasteiger partial charge in [-0.2, -0.15) is 5.10 Å². The summed E-state index contributed by atoms with van der Waals surface area (Å²) in [5.74, 6) is -0.722. The maximum Gasteiger partial charge on any atom is 0.279 e. The number of anilines is 1. The van der Waals surface area contributed by atoms with Gasteiger partial charge in [0.15, 0.2) is 10.8 Å². The Morgan fingerprint density at radius 1 is 1.21 bits per heavy atom. The van der Waals surface area contributed by atoms with Crippen molar-refractivity contribution < 1.29 is 9.18 Å². The average Bonchev–Trinajstić information content (AvgIpc) is 3.03. The highest BCUT2D eigenvalue weighted by Crippen LogP contribution is 2.33. The number of benzene rings is 2. The average molecular weight is 463 g/mol. The van der Waals surface area contributed by atoms with E-state index in [1.165, 1.54) is 12.1 Å². The van der Waals surface area contributed by atoms with Crippen molar-refractivity contribution in [1.29, 1.82) is 0 Å². The van der Waals surface area contributed by atoms with Crippen molar-refractivity contribution in [2.75, 3.05) is 4.90 Å². The summed E-state index contributed by atoms with van der Waals surface area (Å²) in [5.41, 5.74) is 7.06. The van der Waals surface area contributed by atoms with Gasteiger partial charge in [0, 0.05) is 11.3 Å². The number of hydrazone groups is 1. The molecule has 2 aromatic rings. The van der Waals surface area contributed by atoms with Gasteiger partial charge < -0.3 is 10.2 Å². The molecule has 0 bridgehead atoms. The van der Waals surface area contributed by atoms with Crippen LogP contribution in [0.2, 0.25) is 0 Å². The summed E-state index contributed by atoms with van der Waals surface area (Å²) >= 11 is 5.33. The van der Waals surface area contributed by atoms with Crippen molar-refractivity contribution in [3.8, 4) is 0 Å². The minimum atomic E-state index is -0.425. The van der Waals surface area contributed by atoms with E-state index in [0.717, 1.165) is 29.7 Å². The molecule has 33 heavy (non-hydrogen) atoms. The minimum absolute atomic E-state index is 0.0791. The van der Waals surface area contributed by atoms with Crippen LogP contribution in [0.3, 0.4) is 0 Å². The van der Waals surface area contributed by atoms with E-state index in [1.54, 1.807) is 11.0 Å². The summed E-state index contributed by atoms with van der Waals surface area (Å²) in [5, 5.41) is 7.65. The lowest BCUT2D eigenvalue weighted by atomic mass is 9.83. The third-order valence-electron chi connectivity index (χ3n) is 5.66. The van der Waals surface area contributed by atoms with Crippen molar-refractivity contribution in [2.24, 2.45) is 5.10 Å². The van der Waals surface area contributed by atoms with Crippen LogP contribution in [0.15, 0.2) is 71.5 Å². The molecule has 0 saturated heterocycles. The molecule has 0 fully saturated rings. The van der Waals surface area contributed by atoms with Gasteiger partial charge in [0.2, 0.25) is 0 Å². The van der Waals surface area contributed by atoms with E-state index in [1.807, 2.05) is 30.4 Å². The van der Waals surface area contributed by atoms with Crippen molar-refractivity contribution in [1.82, 2.24) is 10.7 Å². The van der Waals surface area contributed by atoms with Crippen molar-refractivity contribution >= 4 is 34.6 Å². The molecule has 0 spiro atoms. The van der Waals surface area contributed by atoms with E-state index in [0.29, 0.717) is 17.8 Å². The van der Waals surface area contributed by atoms with E-state index in [2.05, 4.69) is 48.8 Å². The Kier molecular flexibility index (Phi) is 6.42. The Balaban J connectivity index is 1.61. The zero-order valence-corrected chi connectivity index (χ0v) is 19.8. The second-order valence-electron chi connectivity index (χ2n) is 9.14. The first-order valence-corrected chi connectivity index (χ1v) is 11.4. The molecule has 170 valence electrons. The molecule has 2 aliphatic rings. The number of nitrogens with zero attached hydrogens (tertiary/aromatic N) is 2. The highest BCUT2D eigenvalue weighted by Gasteiger charge is 2.35. The number of thiocarbonyl (C=S) groups is 1. The maximum atomic E-state index is 14.1. The number of halogens is 1. The quantitative estimate of drug-likeness (QED) is 0.492. The first kappa shape index (κ1) is 22.9. The standard InChI is InChI=1S/C26H27FN4OS/c1-26(2,3)21-12-8-7-9-17(21)16-31-22-14-13-18(27)15-20(22)23(24(31)32)29-30-25(33)28-19-10-5-4-6-11-19/h4-5,7-10,12-15H,6,11,16H2,1-3H3,(H2,28,30,33)/b29-23-. The van der Waals surface area contributed by atoms with E-state index < -0.39 is 5.82 Å². The number of amides is 1. The summed E-state index contributed by atoms with van der Waals surface area (Å²) in [6.07, 6.45) is 7.78. The molecule has 1 aliphatic heterocycles. The molecule has 0 aromatic heterocycles. The predicted molar refractivity (Wildman–Crippen MR) is 135 cm³/mol. The van der Waals surface area contributed by atoms with E-state index in [9.17, 15) is 9.18 Å². The maximum absolute atomic E-state index is 14.1. The van der Waals surface area contributed by atoms with Crippen LogP contribution in [0, 0.1) is 5.82 Å². The molecule has 1 amide bonds. The predicted octanol–water partition coefficient (Wildman–Crippen LogP) is 5.07. The monoisotopic (exact) mass is 462 g/mol. The summed E-state index contributed by atoms with van der Waals surface area (Å²) in [6, 6.07) is 12.4. The van der Waals surface area contributed by atoms with Gasteiger partial charge in [-0.1, -0.05) is 57.2 Å².